The molecule has 0 aliphatic rings. The van der Waals surface area contributed by atoms with Gasteiger partial charge < -0.3 is 4.74 Å². The first kappa shape index (κ1) is 13.6. The Morgan fingerprint density at radius 3 is 2.71 bits per heavy atom. The van der Waals surface area contributed by atoms with Crippen LogP contribution >= 0.6 is 0 Å². The number of ether oxygens (including phenoxy) is 1. The van der Waals surface area contributed by atoms with Crippen molar-refractivity contribution in [2.45, 2.75) is 39.5 Å². The fourth-order valence-electron chi connectivity index (χ4n) is 1.76. The molecule has 1 atom stereocenters. The van der Waals surface area contributed by atoms with E-state index in [1.54, 1.807) is 6.20 Å². The summed E-state index contributed by atoms with van der Waals surface area (Å²) >= 11 is 0. The normalized spacial score (nSPS) is 12.5. The van der Waals surface area contributed by atoms with Crippen LogP contribution in [0.15, 0.2) is 12.3 Å². The van der Waals surface area contributed by atoms with Gasteiger partial charge in [-0.25, -0.2) is 9.97 Å². The van der Waals surface area contributed by atoms with E-state index in [0.717, 1.165) is 18.5 Å². The molecule has 0 fully saturated rings. The largest absolute Gasteiger partial charge is 0.468 e. The third-order valence-electron chi connectivity index (χ3n) is 2.64. The highest BCUT2D eigenvalue weighted by Crippen LogP contribution is 2.22. The summed E-state index contributed by atoms with van der Waals surface area (Å²) in [7, 11) is 1.40. The van der Waals surface area contributed by atoms with Crippen LogP contribution in [-0.4, -0.2) is 23.0 Å². The van der Waals surface area contributed by atoms with E-state index in [4.69, 9.17) is 4.74 Å². The Hall–Kier alpha value is -1.45. The van der Waals surface area contributed by atoms with Crippen LogP contribution in [0.5, 0.6) is 0 Å². The van der Waals surface area contributed by atoms with Crippen LogP contribution in [-0.2, 0) is 16.0 Å². The van der Waals surface area contributed by atoms with Crippen molar-refractivity contribution in [1.82, 2.24) is 9.97 Å². The Morgan fingerprint density at radius 2 is 2.18 bits per heavy atom. The van der Waals surface area contributed by atoms with Crippen LogP contribution in [0.3, 0.4) is 0 Å². The maximum Gasteiger partial charge on any atom is 0.316 e. The summed E-state index contributed by atoms with van der Waals surface area (Å²) in [6.07, 6.45) is 3.65. The predicted octanol–water partition coefficient (Wildman–Crippen LogP) is 2.34. The van der Waals surface area contributed by atoms with Crippen molar-refractivity contribution in [2.24, 2.45) is 5.92 Å². The standard InChI is InChI=1S/C13H20N2O2/c1-5-6-10-7-8-14-12(15-10)11(9(2)3)13(16)17-4/h7-9,11H,5-6H2,1-4H3. The Morgan fingerprint density at radius 1 is 1.47 bits per heavy atom. The maximum absolute atomic E-state index is 11.7. The number of carbonyl (C=O) groups is 1. The van der Waals surface area contributed by atoms with Crippen LogP contribution < -0.4 is 0 Å². The lowest BCUT2D eigenvalue weighted by atomic mass is 9.95. The topological polar surface area (TPSA) is 52.1 Å². The highest BCUT2D eigenvalue weighted by atomic mass is 16.5. The fourth-order valence-corrected chi connectivity index (χ4v) is 1.76. The second-order valence-electron chi connectivity index (χ2n) is 4.40. The first-order valence-electron chi connectivity index (χ1n) is 5.99. The fraction of sp³-hybridized carbons (Fsp3) is 0.615. The summed E-state index contributed by atoms with van der Waals surface area (Å²) < 4.78 is 4.81. The van der Waals surface area contributed by atoms with Crippen molar-refractivity contribution in [3.8, 4) is 0 Å². The number of carbonyl (C=O) groups excluding carboxylic acids is 1. The Balaban J connectivity index is 3.01. The minimum Gasteiger partial charge on any atom is -0.468 e. The molecule has 1 aromatic rings. The Kier molecular flexibility index (Phi) is 5.07. The highest BCUT2D eigenvalue weighted by Gasteiger charge is 2.27. The molecule has 17 heavy (non-hydrogen) atoms. The summed E-state index contributed by atoms with van der Waals surface area (Å²) in [5, 5.41) is 0. The van der Waals surface area contributed by atoms with Crippen molar-refractivity contribution in [1.29, 1.82) is 0 Å². The van der Waals surface area contributed by atoms with Gasteiger partial charge in [0.2, 0.25) is 0 Å². The number of nitrogens with zero attached hydrogens (tertiary/aromatic N) is 2. The van der Waals surface area contributed by atoms with Crippen LogP contribution in [0.25, 0.3) is 0 Å². The lowest BCUT2D eigenvalue weighted by molar-refractivity contribution is -0.143. The van der Waals surface area contributed by atoms with Crippen molar-refractivity contribution >= 4 is 5.97 Å². The van der Waals surface area contributed by atoms with Crippen LogP contribution in [0, 0.1) is 5.92 Å². The molecule has 0 radical (unpaired) electrons. The lowest BCUT2D eigenvalue weighted by Crippen LogP contribution is -2.22. The maximum atomic E-state index is 11.7. The zero-order chi connectivity index (χ0) is 12.8. The van der Waals surface area contributed by atoms with Crippen LogP contribution in [0.4, 0.5) is 0 Å². The molecule has 0 saturated carbocycles. The molecule has 0 spiro atoms. The van der Waals surface area contributed by atoms with E-state index < -0.39 is 0 Å². The molecule has 0 amide bonds. The highest BCUT2D eigenvalue weighted by molar-refractivity contribution is 5.77. The Labute approximate surface area is 102 Å². The summed E-state index contributed by atoms with van der Waals surface area (Å²) in [4.78, 5) is 20.4. The SMILES string of the molecule is CCCc1ccnc(C(C(=O)OC)C(C)C)n1. The second kappa shape index (κ2) is 6.33. The number of rotatable bonds is 5. The summed E-state index contributed by atoms with van der Waals surface area (Å²) in [5.41, 5.74) is 0.979. The van der Waals surface area contributed by atoms with Gasteiger partial charge in [-0.2, -0.15) is 0 Å². The summed E-state index contributed by atoms with van der Waals surface area (Å²) in [6, 6.07) is 1.89. The van der Waals surface area contributed by atoms with E-state index in [-0.39, 0.29) is 17.8 Å². The molecule has 1 rings (SSSR count). The first-order valence-corrected chi connectivity index (χ1v) is 5.99. The van der Waals surface area contributed by atoms with Crippen LogP contribution in [0.1, 0.15) is 44.6 Å². The van der Waals surface area contributed by atoms with E-state index in [1.807, 2.05) is 19.9 Å². The van der Waals surface area contributed by atoms with Gasteiger partial charge in [-0.05, 0) is 18.4 Å². The zero-order valence-corrected chi connectivity index (χ0v) is 10.9. The minimum absolute atomic E-state index is 0.124. The number of hydrogen-bond donors (Lipinski definition) is 0. The van der Waals surface area contributed by atoms with Gasteiger partial charge in [0.05, 0.1) is 7.11 Å². The Bertz CT molecular complexity index is 377. The molecular weight excluding hydrogens is 216 g/mol. The summed E-state index contributed by atoms with van der Waals surface area (Å²) in [6.45, 7) is 6.04. The first-order chi connectivity index (χ1) is 8.10. The van der Waals surface area contributed by atoms with Gasteiger partial charge in [-0.3, -0.25) is 4.79 Å². The van der Waals surface area contributed by atoms with E-state index in [0.29, 0.717) is 5.82 Å². The van der Waals surface area contributed by atoms with E-state index in [1.165, 1.54) is 7.11 Å². The molecule has 0 N–H and O–H groups in total. The van der Waals surface area contributed by atoms with E-state index in [9.17, 15) is 4.79 Å². The molecule has 0 aliphatic heterocycles. The number of hydrogen-bond acceptors (Lipinski definition) is 4. The van der Waals surface area contributed by atoms with Crippen molar-refractivity contribution < 1.29 is 9.53 Å². The summed E-state index contributed by atoms with van der Waals surface area (Å²) in [5.74, 6) is 0.0441. The second-order valence-corrected chi connectivity index (χ2v) is 4.40. The average molecular weight is 236 g/mol. The molecular formula is C13H20N2O2. The zero-order valence-electron chi connectivity index (χ0n) is 10.9. The molecule has 0 aliphatic carbocycles. The number of esters is 1. The molecule has 1 heterocycles. The van der Waals surface area contributed by atoms with Gasteiger partial charge in [-0.1, -0.05) is 27.2 Å². The molecule has 0 aromatic carbocycles. The molecule has 0 saturated heterocycles. The van der Waals surface area contributed by atoms with Crippen molar-refractivity contribution in [3.63, 3.8) is 0 Å². The molecule has 94 valence electrons. The molecule has 0 bridgehead atoms. The predicted molar refractivity (Wildman–Crippen MR) is 65.6 cm³/mol. The minimum atomic E-state index is -0.378. The van der Waals surface area contributed by atoms with Crippen LogP contribution in [0.2, 0.25) is 0 Å². The quantitative estimate of drug-likeness (QED) is 0.736. The van der Waals surface area contributed by atoms with Gasteiger partial charge in [-0.15, -0.1) is 0 Å². The molecule has 1 unspecified atom stereocenters. The van der Waals surface area contributed by atoms with Gasteiger partial charge in [0.1, 0.15) is 11.7 Å². The lowest BCUT2D eigenvalue weighted by Gasteiger charge is -2.17. The third-order valence-corrected chi connectivity index (χ3v) is 2.64. The van der Waals surface area contributed by atoms with Gasteiger partial charge in [0.25, 0.3) is 0 Å². The molecule has 1 aromatic heterocycles. The van der Waals surface area contributed by atoms with E-state index in [2.05, 4.69) is 16.9 Å². The smallest absolute Gasteiger partial charge is 0.316 e. The number of aryl methyl sites for hydroxylation is 1. The molecule has 4 heteroatoms. The van der Waals surface area contributed by atoms with Crippen molar-refractivity contribution in [3.05, 3.63) is 23.8 Å². The number of methoxy groups -OCH3 is 1. The van der Waals surface area contributed by atoms with Gasteiger partial charge in [0, 0.05) is 11.9 Å². The van der Waals surface area contributed by atoms with Gasteiger partial charge >= 0.3 is 5.97 Å². The van der Waals surface area contributed by atoms with Gasteiger partial charge in [0.15, 0.2) is 0 Å². The third kappa shape index (κ3) is 3.51. The molecule has 4 nitrogen and oxygen atoms in total. The number of aromatic nitrogens is 2. The van der Waals surface area contributed by atoms with E-state index >= 15 is 0 Å². The monoisotopic (exact) mass is 236 g/mol. The van der Waals surface area contributed by atoms with Crippen molar-refractivity contribution in [2.75, 3.05) is 7.11 Å². The average Bonchev–Trinajstić information content (AvgIpc) is 2.29.